The van der Waals surface area contributed by atoms with Gasteiger partial charge in [0.25, 0.3) is 5.91 Å². The lowest BCUT2D eigenvalue weighted by molar-refractivity contribution is -0.125. The van der Waals surface area contributed by atoms with Crippen molar-refractivity contribution in [2.24, 2.45) is 5.92 Å². The Balaban J connectivity index is 1.42. The molecular formula is C17H20BrN3O2S2. The Kier molecular flexibility index (Phi) is 6.61. The number of nitrogens with one attached hydrogen (secondary N) is 2. The van der Waals surface area contributed by atoms with E-state index >= 15 is 0 Å². The Hall–Kier alpha value is -1.25. The van der Waals surface area contributed by atoms with E-state index in [-0.39, 0.29) is 17.7 Å². The van der Waals surface area contributed by atoms with E-state index < -0.39 is 0 Å². The number of halogens is 1. The molecule has 2 aromatic rings. The van der Waals surface area contributed by atoms with Crippen LogP contribution in [0.25, 0.3) is 9.88 Å². The molecule has 0 radical (unpaired) electrons. The van der Waals surface area contributed by atoms with Crippen LogP contribution >= 0.6 is 38.6 Å². The summed E-state index contributed by atoms with van der Waals surface area (Å²) in [5, 5.41) is 10.3. The highest BCUT2D eigenvalue weighted by Gasteiger charge is 2.20. The molecule has 5 nitrogen and oxygen atoms in total. The fourth-order valence-corrected chi connectivity index (χ4v) is 5.19. The van der Waals surface area contributed by atoms with Crippen LogP contribution in [0.15, 0.2) is 21.3 Å². The maximum absolute atomic E-state index is 12.2. The summed E-state index contributed by atoms with van der Waals surface area (Å²) in [5.41, 5.74) is 0.420. The van der Waals surface area contributed by atoms with Crippen molar-refractivity contribution in [2.45, 2.75) is 32.1 Å². The minimum absolute atomic E-state index is 0.119. The van der Waals surface area contributed by atoms with Crippen LogP contribution in [0.5, 0.6) is 0 Å². The molecule has 0 bridgehead atoms. The van der Waals surface area contributed by atoms with E-state index in [1.807, 2.05) is 11.4 Å². The molecule has 0 atom stereocenters. The Morgan fingerprint density at radius 1 is 1.12 bits per heavy atom. The molecular weight excluding hydrogens is 422 g/mol. The van der Waals surface area contributed by atoms with Gasteiger partial charge in [-0.3, -0.25) is 9.59 Å². The quantitative estimate of drug-likeness (QED) is 0.663. The summed E-state index contributed by atoms with van der Waals surface area (Å²) in [4.78, 5) is 29.6. The van der Waals surface area contributed by atoms with Crippen LogP contribution in [-0.2, 0) is 4.79 Å². The lowest BCUT2D eigenvalue weighted by atomic mass is 9.89. The summed E-state index contributed by atoms with van der Waals surface area (Å²) in [6, 6.07) is 1.99. The van der Waals surface area contributed by atoms with Gasteiger partial charge >= 0.3 is 0 Å². The zero-order valence-electron chi connectivity index (χ0n) is 13.7. The number of amides is 2. The molecule has 25 heavy (non-hydrogen) atoms. The third kappa shape index (κ3) is 5.12. The van der Waals surface area contributed by atoms with Gasteiger partial charge in [0.2, 0.25) is 5.91 Å². The standard InChI is InChI=1S/C17H20BrN3O2S2/c18-12-8-14(24-9-12)17-21-13(10-25-17)16(23)20-7-6-19-15(22)11-4-2-1-3-5-11/h8-11H,1-7H2,(H,19,22)(H,20,23). The van der Waals surface area contributed by atoms with Crippen LogP contribution in [0.1, 0.15) is 42.6 Å². The van der Waals surface area contributed by atoms with Crippen molar-refractivity contribution in [3.63, 3.8) is 0 Å². The van der Waals surface area contributed by atoms with Crippen LogP contribution in [-0.4, -0.2) is 29.9 Å². The van der Waals surface area contributed by atoms with Gasteiger partial charge in [0.05, 0.1) is 4.88 Å². The van der Waals surface area contributed by atoms with Gasteiger partial charge in [-0.1, -0.05) is 19.3 Å². The van der Waals surface area contributed by atoms with E-state index in [1.54, 1.807) is 16.7 Å². The third-order valence-corrected chi connectivity index (χ3v) is 6.90. The molecule has 8 heteroatoms. The largest absolute Gasteiger partial charge is 0.354 e. The zero-order chi connectivity index (χ0) is 17.6. The molecule has 1 aliphatic rings. The molecule has 0 spiro atoms. The Labute approximate surface area is 163 Å². The number of hydrogen-bond acceptors (Lipinski definition) is 5. The molecule has 2 N–H and O–H groups in total. The monoisotopic (exact) mass is 441 g/mol. The maximum Gasteiger partial charge on any atom is 0.270 e. The van der Waals surface area contributed by atoms with Crippen molar-refractivity contribution in [2.75, 3.05) is 13.1 Å². The van der Waals surface area contributed by atoms with Crippen molar-refractivity contribution in [1.29, 1.82) is 0 Å². The first-order valence-electron chi connectivity index (χ1n) is 8.39. The molecule has 1 aliphatic carbocycles. The first-order valence-corrected chi connectivity index (χ1v) is 10.9. The van der Waals surface area contributed by atoms with Crippen molar-refractivity contribution in [3.8, 4) is 9.88 Å². The van der Waals surface area contributed by atoms with Gasteiger partial charge in [-0.25, -0.2) is 4.98 Å². The number of carbonyl (C=O) groups is 2. The Morgan fingerprint density at radius 3 is 2.60 bits per heavy atom. The average molecular weight is 442 g/mol. The van der Waals surface area contributed by atoms with Crippen molar-refractivity contribution < 1.29 is 9.59 Å². The molecule has 0 unspecified atom stereocenters. The molecule has 1 fully saturated rings. The van der Waals surface area contributed by atoms with Gasteiger partial charge in [-0.15, -0.1) is 22.7 Å². The topological polar surface area (TPSA) is 71.1 Å². The summed E-state index contributed by atoms with van der Waals surface area (Å²) in [7, 11) is 0. The first kappa shape index (κ1) is 18.5. The lowest BCUT2D eigenvalue weighted by Crippen LogP contribution is -2.38. The van der Waals surface area contributed by atoms with Crippen molar-refractivity contribution in [1.82, 2.24) is 15.6 Å². The number of thiazole rings is 1. The van der Waals surface area contributed by atoms with Gasteiger partial charge in [0, 0.05) is 34.2 Å². The first-order chi connectivity index (χ1) is 12.1. The molecule has 0 saturated heterocycles. The summed E-state index contributed by atoms with van der Waals surface area (Å²) >= 11 is 6.46. The van der Waals surface area contributed by atoms with E-state index in [2.05, 4.69) is 31.5 Å². The maximum atomic E-state index is 12.2. The second kappa shape index (κ2) is 8.91. The predicted molar refractivity (Wildman–Crippen MR) is 105 cm³/mol. The second-order valence-electron chi connectivity index (χ2n) is 6.05. The molecule has 2 aromatic heterocycles. The van der Waals surface area contributed by atoms with E-state index in [1.165, 1.54) is 17.8 Å². The Morgan fingerprint density at radius 2 is 1.88 bits per heavy atom. The third-order valence-electron chi connectivity index (χ3n) is 4.20. The lowest BCUT2D eigenvalue weighted by Gasteiger charge is -2.20. The van der Waals surface area contributed by atoms with Gasteiger partial charge in [-0.2, -0.15) is 0 Å². The number of aromatic nitrogens is 1. The second-order valence-corrected chi connectivity index (χ2v) is 8.73. The van der Waals surface area contributed by atoms with Crippen molar-refractivity contribution >= 4 is 50.4 Å². The molecule has 2 heterocycles. The number of rotatable bonds is 6. The van der Waals surface area contributed by atoms with E-state index in [9.17, 15) is 9.59 Å². The van der Waals surface area contributed by atoms with Gasteiger partial charge < -0.3 is 10.6 Å². The minimum atomic E-state index is -0.204. The highest BCUT2D eigenvalue weighted by atomic mass is 79.9. The molecule has 3 rings (SSSR count). The number of nitrogens with zero attached hydrogens (tertiary/aromatic N) is 1. The highest BCUT2D eigenvalue weighted by molar-refractivity contribution is 9.10. The summed E-state index contributed by atoms with van der Waals surface area (Å²) < 4.78 is 1.02. The van der Waals surface area contributed by atoms with Gasteiger partial charge in [0.1, 0.15) is 10.7 Å². The number of carbonyl (C=O) groups excluding carboxylic acids is 2. The van der Waals surface area contributed by atoms with E-state index in [0.29, 0.717) is 18.8 Å². The van der Waals surface area contributed by atoms with Crippen LogP contribution in [0, 0.1) is 5.92 Å². The molecule has 1 saturated carbocycles. The van der Waals surface area contributed by atoms with Crippen LogP contribution in [0.2, 0.25) is 0 Å². The molecule has 0 aromatic carbocycles. The van der Waals surface area contributed by atoms with Gasteiger partial charge in [-0.05, 0) is 34.8 Å². The normalized spacial score (nSPS) is 15.1. The fraction of sp³-hybridized carbons (Fsp3) is 0.471. The van der Waals surface area contributed by atoms with Crippen LogP contribution < -0.4 is 10.6 Å². The molecule has 2 amide bonds. The Bertz CT molecular complexity index is 738. The van der Waals surface area contributed by atoms with Crippen molar-refractivity contribution in [3.05, 3.63) is 27.0 Å². The summed E-state index contributed by atoms with van der Waals surface area (Å²) in [6.45, 7) is 0.866. The number of thiophene rings is 1. The fourth-order valence-electron chi connectivity index (χ4n) is 2.88. The summed E-state index contributed by atoms with van der Waals surface area (Å²) in [6.07, 6.45) is 5.48. The van der Waals surface area contributed by atoms with E-state index in [4.69, 9.17) is 0 Å². The average Bonchev–Trinajstić information content (AvgIpc) is 3.28. The summed E-state index contributed by atoms with van der Waals surface area (Å²) in [5.74, 6) is 0.0638. The number of hydrogen-bond donors (Lipinski definition) is 2. The predicted octanol–water partition coefficient (Wildman–Crippen LogP) is 4.06. The molecule has 134 valence electrons. The highest BCUT2D eigenvalue weighted by Crippen LogP contribution is 2.31. The zero-order valence-corrected chi connectivity index (χ0v) is 16.9. The van der Waals surface area contributed by atoms with E-state index in [0.717, 1.165) is 40.0 Å². The van der Waals surface area contributed by atoms with Crippen LogP contribution in [0.4, 0.5) is 0 Å². The van der Waals surface area contributed by atoms with Crippen LogP contribution in [0.3, 0.4) is 0 Å². The SMILES string of the molecule is O=C(NCCNC(=O)C1CCCCC1)c1csc(-c2cc(Br)cs2)n1. The molecule has 0 aliphatic heterocycles. The minimum Gasteiger partial charge on any atom is -0.354 e. The van der Waals surface area contributed by atoms with Gasteiger partial charge in [0.15, 0.2) is 0 Å². The smallest absolute Gasteiger partial charge is 0.270 e.